The van der Waals surface area contributed by atoms with Crippen LogP contribution in [0.5, 0.6) is 0 Å². The van der Waals surface area contributed by atoms with Gasteiger partial charge in [0, 0.05) is 12.0 Å². The average Bonchev–Trinajstić information content (AvgIpc) is 2.59. The zero-order chi connectivity index (χ0) is 13.6. The predicted octanol–water partition coefficient (Wildman–Crippen LogP) is 1.90. The number of hydrogen-bond acceptors (Lipinski definition) is 4. The first kappa shape index (κ1) is 12.7. The molecule has 6 heteroatoms. The number of Topliss-reactive ketones (excluding diaryl/α,β-unsaturated/α-hetero) is 1. The minimum atomic E-state index is -1.16. The summed E-state index contributed by atoms with van der Waals surface area (Å²) < 4.78 is 5.16. The van der Waals surface area contributed by atoms with Crippen LogP contribution in [-0.2, 0) is 14.3 Å². The first-order chi connectivity index (χ1) is 8.34. The maximum Gasteiger partial charge on any atom is 0.328 e. The van der Waals surface area contributed by atoms with Crippen LogP contribution < -0.4 is 0 Å². The summed E-state index contributed by atoms with van der Waals surface area (Å²) in [5.41, 5.74) is -0.197. The van der Waals surface area contributed by atoms with E-state index < -0.39 is 23.2 Å². The van der Waals surface area contributed by atoms with Crippen molar-refractivity contribution < 1.29 is 24.5 Å². The molecule has 0 spiro atoms. The molecule has 0 aromatic rings. The lowest BCUT2D eigenvalue weighted by Gasteiger charge is -2.23. The highest BCUT2D eigenvalue weighted by atomic mass is 35.5. The van der Waals surface area contributed by atoms with Crippen molar-refractivity contribution in [2.45, 2.75) is 19.4 Å². The number of ketones is 1. The highest BCUT2D eigenvalue weighted by molar-refractivity contribution is 6.34. The number of alkyl halides is 1. The zero-order valence-electron chi connectivity index (χ0n) is 9.73. The third-order valence-corrected chi connectivity index (χ3v) is 3.37. The molecule has 0 radical (unpaired) electrons. The van der Waals surface area contributed by atoms with Gasteiger partial charge < -0.3 is 14.9 Å². The minimum absolute atomic E-state index is 0.0579. The molecule has 2 rings (SSSR count). The minimum Gasteiger partial charge on any atom is -0.511 e. The van der Waals surface area contributed by atoms with Crippen LogP contribution in [0.4, 0.5) is 0 Å². The topological polar surface area (TPSA) is 83.8 Å². The Morgan fingerprint density at radius 3 is 2.67 bits per heavy atom. The van der Waals surface area contributed by atoms with Crippen LogP contribution in [0.2, 0.25) is 0 Å². The smallest absolute Gasteiger partial charge is 0.328 e. The van der Waals surface area contributed by atoms with Gasteiger partial charge >= 0.3 is 5.97 Å². The van der Waals surface area contributed by atoms with Crippen LogP contribution in [0.1, 0.15) is 13.8 Å². The molecule has 0 saturated carbocycles. The summed E-state index contributed by atoms with van der Waals surface area (Å²) in [4.78, 5) is 22.5. The number of carboxylic acids is 1. The summed E-state index contributed by atoms with van der Waals surface area (Å²) >= 11 is 5.68. The fourth-order valence-corrected chi connectivity index (χ4v) is 2.34. The third-order valence-electron chi connectivity index (χ3n) is 3.09. The van der Waals surface area contributed by atoms with Crippen LogP contribution in [0.15, 0.2) is 34.3 Å². The zero-order valence-corrected chi connectivity index (χ0v) is 10.5. The monoisotopic (exact) mass is 270 g/mol. The molecular formula is C12H11ClO5. The number of carboxylic acid groups (broad SMARTS) is 1. The summed E-state index contributed by atoms with van der Waals surface area (Å²) in [5, 5.41) is 18.8. The lowest BCUT2D eigenvalue weighted by atomic mass is 9.83. The number of allylic oxidation sites excluding steroid dienone is 3. The van der Waals surface area contributed by atoms with Gasteiger partial charge in [-0.2, -0.15) is 0 Å². The van der Waals surface area contributed by atoms with E-state index in [4.69, 9.17) is 21.4 Å². The number of aliphatic carboxylic acids is 1. The number of halogens is 1. The van der Waals surface area contributed by atoms with Gasteiger partial charge in [-0.3, -0.25) is 4.79 Å². The number of rotatable bonds is 1. The van der Waals surface area contributed by atoms with Crippen LogP contribution >= 0.6 is 11.6 Å². The molecule has 1 fully saturated rings. The maximum absolute atomic E-state index is 11.7. The summed E-state index contributed by atoms with van der Waals surface area (Å²) in [6.45, 7) is 3.25. The van der Waals surface area contributed by atoms with Crippen molar-refractivity contribution in [3.8, 4) is 0 Å². The van der Waals surface area contributed by atoms with Crippen molar-refractivity contribution >= 4 is 23.4 Å². The molecule has 96 valence electrons. The number of aliphatic hydroxyl groups is 1. The van der Waals surface area contributed by atoms with E-state index in [0.29, 0.717) is 11.1 Å². The summed E-state index contributed by atoms with van der Waals surface area (Å²) in [7, 11) is 0. The molecule has 2 unspecified atom stereocenters. The van der Waals surface area contributed by atoms with Crippen LogP contribution in [0.25, 0.3) is 0 Å². The van der Waals surface area contributed by atoms with Gasteiger partial charge in [-0.25, -0.2) is 4.79 Å². The molecule has 2 N–H and O–H groups in total. The van der Waals surface area contributed by atoms with E-state index in [0.717, 1.165) is 6.08 Å². The number of fused-ring (bicyclic) bond motifs is 1. The van der Waals surface area contributed by atoms with E-state index >= 15 is 0 Å². The largest absolute Gasteiger partial charge is 0.511 e. The van der Waals surface area contributed by atoms with E-state index in [-0.39, 0.29) is 17.1 Å². The van der Waals surface area contributed by atoms with Crippen LogP contribution in [0.3, 0.4) is 0 Å². The third kappa shape index (κ3) is 1.71. The lowest BCUT2D eigenvalue weighted by molar-refractivity contribution is -0.131. The highest BCUT2D eigenvalue weighted by Gasteiger charge is 2.43. The Hall–Kier alpha value is -1.75. The predicted molar refractivity (Wildman–Crippen MR) is 63.0 cm³/mol. The van der Waals surface area contributed by atoms with Gasteiger partial charge in [0.15, 0.2) is 0 Å². The van der Waals surface area contributed by atoms with Crippen molar-refractivity contribution in [2.24, 2.45) is 5.92 Å². The van der Waals surface area contributed by atoms with E-state index in [9.17, 15) is 14.7 Å². The number of carbonyl (C=O) groups is 2. The van der Waals surface area contributed by atoms with E-state index in [1.54, 1.807) is 13.8 Å². The van der Waals surface area contributed by atoms with Crippen molar-refractivity contribution in [3.63, 3.8) is 0 Å². The maximum atomic E-state index is 11.7. The average molecular weight is 271 g/mol. The Morgan fingerprint density at radius 1 is 1.50 bits per heavy atom. The SMILES string of the molecule is CC1=C2OC(Cl)C(=O)C2=C(O)C(C)C1=CC(=O)O. The Bertz CT molecular complexity index is 539. The van der Waals surface area contributed by atoms with Gasteiger partial charge in [-0.15, -0.1) is 0 Å². The van der Waals surface area contributed by atoms with Crippen molar-refractivity contribution in [2.75, 3.05) is 0 Å². The first-order valence-electron chi connectivity index (χ1n) is 5.28. The molecule has 2 atom stereocenters. The molecule has 0 bridgehead atoms. The van der Waals surface area contributed by atoms with Crippen LogP contribution in [-0.4, -0.2) is 27.5 Å². The van der Waals surface area contributed by atoms with E-state index in [1.165, 1.54) is 0 Å². The van der Waals surface area contributed by atoms with Gasteiger partial charge in [0.2, 0.25) is 11.3 Å². The Balaban J connectivity index is 2.63. The number of aliphatic hydroxyl groups excluding tert-OH is 1. The fraction of sp³-hybridized carbons (Fsp3) is 0.333. The molecule has 1 saturated heterocycles. The Labute approximate surface area is 108 Å². The molecule has 1 aliphatic heterocycles. The second-order valence-electron chi connectivity index (χ2n) is 4.17. The van der Waals surface area contributed by atoms with Crippen molar-refractivity contribution in [1.82, 2.24) is 0 Å². The van der Waals surface area contributed by atoms with Gasteiger partial charge in [0.1, 0.15) is 17.1 Å². The molecule has 2 aliphatic rings. The molecule has 5 nitrogen and oxygen atoms in total. The highest BCUT2D eigenvalue weighted by Crippen LogP contribution is 2.43. The second-order valence-corrected chi connectivity index (χ2v) is 4.57. The molecular weight excluding hydrogens is 260 g/mol. The number of carbonyl (C=O) groups excluding carboxylic acids is 1. The molecule has 0 aromatic carbocycles. The molecule has 0 aromatic heterocycles. The lowest BCUT2D eigenvalue weighted by Crippen LogP contribution is -2.18. The van der Waals surface area contributed by atoms with Crippen molar-refractivity contribution in [1.29, 1.82) is 0 Å². The van der Waals surface area contributed by atoms with Crippen LogP contribution in [0, 0.1) is 5.92 Å². The normalized spacial score (nSPS) is 29.7. The molecule has 1 heterocycles. The van der Waals surface area contributed by atoms with Gasteiger partial charge in [-0.05, 0) is 18.1 Å². The van der Waals surface area contributed by atoms with Crippen molar-refractivity contribution in [3.05, 3.63) is 34.3 Å². The number of hydrogen-bond donors (Lipinski definition) is 2. The Morgan fingerprint density at radius 2 is 2.11 bits per heavy atom. The van der Waals surface area contributed by atoms with E-state index in [1.807, 2.05) is 0 Å². The summed E-state index contributed by atoms with van der Waals surface area (Å²) in [5.74, 6) is -2.22. The number of ether oxygens (including phenoxy) is 1. The standard InChI is InChI=1S/C12H11ClO5/c1-4-6(3-7(14)15)5(2)11-8(9(4)16)10(17)12(13)18-11/h3-4,12,16H,1-2H3,(H,14,15). The Kier molecular flexibility index (Phi) is 2.94. The quantitative estimate of drug-likeness (QED) is 0.561. The fourth-order valence-electron chi connectivity index (χ4n) is 2.15. The first-order valence-corrected chi connectivity index (χ1v) is 5.72. The summed E-state index contributed by atoms with van der Waals surface area (Å²) in [6, 6.07) is 0. The van der Waals surface area contributed by atoms with Gasteiger partial charge in [-0.1, -0.05) is 18.5 Å². The van der Waals surface area contributed by atoms with Gasteiger partial charge in [0.25, 0.3) is 0 Å². The molecule has 0 amide bonds. The molecule has 1 aliphatic carbocycles. The molecule has 18 heavy (non-hydrogen) atoms. The van der Waals surface area contributed by atoms with Gasteiger partial charge in [0.05, 0.1) is 0 Å². The van der Waals surface area contributed by atoms with E-state index in [2.05, 4.69) is 0 Å². The summed E-state index contributed by atoms with van der Waals surface area (Å²) in [6.07, 6.45) is 0.995. The second kappa shape index (κ2) is 4.17.